The summed E-state index contributed by atoms with van der Waals surface area (Å²) in [6, 6.07) is 71.3. The van der Waals surface area contributed by atoms with Crippen molar-refractivity contribution in [1.29, 1.82) is 0 Å². The van der Waals surface area contributed by atoms with Gasteiger partial charge in [0.05, 0.1) is 22.1 Å². The minimum atomic E-state index is 0.825. The molecule has 0 aliphatic heterocycles. The highest BCUT2D eigenvalue weighted by Crippen LogP contribution is 2.45. The molecule has 0 spiro atoms. The fourth-order valence-corrected chi connectivity index (χ4v) is 13.4. The number of benzene rings is 10. The van der Waals surface area contributed by atoms with Crippen LogP contribution in [0.15, 0.2) is 203 Å². The van der Waals surface area contributed by atoms with Gasteiger partial charge in [-0.2, -0.15) is 0 Å². The monoisotopic (exact) mass is 876 g/mol. The molecule has 0 saturated heterocycles. The van der Waals surface area contributed by atoms with Gasteiger partial charge >= 0.3 is 0 Å². The number of fused-ring (bicyclic) bond motifs is 18. The van der Waals surface area contributed by atoms with Crippen molar-refractivity contribution in [2.75, 3.05) is 0 Å². The highest BCUT2D eigenvalue weighted by atomic mass is 32.1. The van der Waals surface area contributed by atoms with Crippen LogP contribution in [-0.2, 0) is 0 Å². The van der Waals surface area contributed by atoms with Gasteiger partial charge in [-0.05, 0) is 114 Å². The van der Waals surface area contributed by atoms with E-state index in [1.807, 2.05) is 40.9 Å². The van der Waals surface area contributed by atoms with Gasteiger partial charge in [0.15, 0.2) is 0 Å². The maximum Gasteiger partial charge on any atom is 0.139 e. The molecule has 0 atom stereocenters. The van der Waals surface area contributed by atoms with Gasteiger partial charge in [0, 0.05) is 101 Å². The predicted octanol–water partition coefficient (Wildman–Crippen LogP) is 18.1. The molecular formula is C60H32N2O2S2. The molecule has 6 heteroatoms. The molecule has 306 valence electrons. The summed E-state index contributed by atoms with van der Waals surface area (Å²) in [4.78, 5) is 0. The summed E-state index contributed by atoms with van der Waals surface area (Å²) < 4.78 is 22.8. The molecule has 4 nitrogen and oxygen atoms in total. The standard InChI is InChI=1S/C60H32N2O2S2/c1-5-13-49-37(9-1)41-25-33(17-21-51(41)61(49)35-19-23-54-43(27-35)45-29-44-39-11-3-7-15-53(39)63-55(44)31-56(45)64-54)34-18-22-52-42(26-34)38-10-2-6-14-50(38)62(52)36-20-24-58-46(28-36)48-30-47-40-12-4-8-16-57(40)65-59(47)32-60(48)66-58/h1-32H. The average molecular weight is 877 g/mol. The van der Waals surface area contributed by atoms with Crippen molar-refractivity contribution in [1.82, 2.24) is 9.13 Å². The summed E-state index contributed by atoms with van der Waals surface area (Å²) in [5, 5.41) is 14.6. The van der Waals surface area contributed by atoms with E-state index in [2.05, 4.69) is 185 Å². The Morgan fingerprint density at radius 2 is 0.727 bits per heavy atom. The lowest BCUT2D eigenvalue weighted by Crippen LogP contribution is -1.93. The third-order valence-corrected chi connectivity index (χ3v) is 16.4. The molecule has 6 aromatic heterocycles. The van der Waals surface area contributed by atoms with E-state index < -0.39 is 0 Å². The second kappa shape index (κ2) is 12.8. The molecule has 6 heterocycles. The molecule has 0 N–H and O–H groups in total. The molecule has 0 amide bonds. The molecule has 0 aliphatic carbocycles. The Labute approximate surface area is 382 Å². The topological polar surface area (TPSA) is 36.1 Å². The third-order valence-electron chi connectivity index (χ3n) is 14.1. The zero-order valence-electron chi connectivity index (χ0n) is 35.0. The van der Waals surface area contributed by atoms with Gasteiger partial charge in [-0.15, -0.1) is 22.7 Å². The number of thiophene rings is 2. The first kappa shape index (κ1) is 35.2. The lowest BCUT2D eigenvalue weighted by atomic mass is 10.0. The fraction of sp³-hybridized carbons (Fsp3) is 0. The Morgan fingerprint density at radius 1 is 0.258 bits per heavy atom. The maximum atomic E-state index is 6.43. The number of hydrogen-bond acceptors (Lipinski definition) is 4. The molecule has 16 aromatic rings. The molecule has 0 fully saturated rings. The fourth-order valence-electron chi connectivity index (χ4n) is 11.1. The van der Waals surface area contributed by atoms with Crippen LogP contribution in [-0.4, -0.2) is 9.13 Å². The predicted molar refractivity (Wildman–Crippen MR) is 281 cm³/mol. The number of para-hydroxylation sites is 3. The molecular weight excluding hydrogens is 845 g/mol. The van der Waals surface area contributed by atoms with Crippen LogP contribution in [0.4, 0.5) is 0 Å². The largest absolute Gasteiger partial charge is 0.456 e. The van der Waals surface area contributed by atoms with E-state index in [9.17, 15) is 0 Å². The van der Waals surface area contributed by atoms with Gasteiger partial charge in [-0.25, -0.2) is 0 Å². The number of furan rings is 2. The van der Waals surface area contributed by atoms with E-state index in [1.165, 1.54) is 95.3 Å². The second-order valence-corrected chi connectivity index (χ2v) is 19.8. The number of hydrogen-bond donors (Lipinski definition) is 0. The van der Waals surface area contributed by atoms with Crippen LogP contribution < -0.4 is 0 Å². The quantitative estimate of drug-likeness (QED) is 0.177. The number of nitrogens with zero attached hydrogens (tertiary/aromatic N) is 2. The lowest BCUT2D eigenvalue weighted by Gasteiger charge is -2.10. The highest BCUT2D eigenvalue weighted by Gasteiger charge is 2.20. The zero-order chi connectivity index (χ0) is 42.8. The van der Waals surface area contributed by atoms with Gasteiger partial charge in [0.2, 0.25) is 0 Å². The Morgan fingerprint density at radius 3 is 1.42 bits per heavy atom. The molecule has 0 saturated carbocycles. The van der Waals surface area contributed by atoms with Crippen LogP contribution >= 0.6 is 22.7 Å². The summed E-state index contributed by atoms with van der Waals surface area (Å²) in [5.74, 6) is 0. The summed E-state index contributed by atoms with van der Waals surface area (Å²) in [7, 11) is 0. The van der Waals surface area contributed by atoms with E-state index in [0.717, 1.165) is 55.1 Å². The lowest BCUT2D eigenvalue weighted by molar-refractivity contribution is 0.656. The molecule has 0 bridgehead atoms. The van der Waals surface area contributed by atoms with Crippen molar-refractivity contribution in [2.45, 2.75) is 0 Å². The SMILES string of the molecule is c1ccc2c(c1)oc1cc3oc4ccc(-n5c6ccccc6c6cc(-c7ccc8c(c7)c7ccccc7n8-c7ccc8sc9cc%10sc%11ccccc%11c%10cc9c8c7)ccc65)cc4c3cc12. The Hall–Kier alpha value is -8.16. The van der Waals surface area contributed by atoms with Gasteiger partial charge < -0.3 is 18.0 Å². The van der Waals surface area contributed by atoms with Crippen LogP contribution in [0.1, 0.15) is 0 Å². The van der Waals surface area contributed by atoms with Gasteiger partial charge in [0.25, 0.3) is 0 Å². The second-order valence-electron chi connectivity index (χ2n) is 17.6. The molecule has 0 radical (unpaired) electrons. The highest BCUT2D eigenvalue weighted by molar-refractivity contribution is 7.28. The van der Waals surface area contributed by atoms with Gasteiger partial charge in [0.1, 0.15) is 22.3 Å². The van der Waals surface area contributed by atoms with Crippen molar-refractivity contribution in [3.8, 4) is 22.5 Å². The zero-order valence-corrected chi connectivity index (χ0v) is 36.6. The number of aromatic nitrogens is 2. The van der Waals surface area contributed by atoms with Crippen molar-refractivity contribution < 1.29 is 8.83 Å². The van der Waals surface area contributed by atoms with E-state index in [4.69, 9.17) is 8.83 Å². The Bertz CT molecular complexity index is 4480. The summed E-state index contributed by atoms with van der Waals surface area (Å²) >= 11 is 3.78. The first-order valence-corrected chi connectivity index (χ1v) is 23.9. The Balaban J connectivity index is 0.837. The molecule has 10 aromatic carbocycles. The van der Waals surface area contributed by atoms with Crippen molar-refractivity contribution in [2.24, 2.45) is 0 Å². The normalized spacial score (nSPS) is 12.5. The van der Waals surface area contributed by atoms with Crippen LogP contribution in [0.3, 0.4) is 0 Å². The smallest absolute Gasteiger partial charge is 0.139 e. The molecule has 16 rings (SSSR count). The van der Waals surface area contributed by atoms with Crippen molar-refractivity contribution in [3.05, 3.63) is 194 Å². The van der Waals surface area contributed by atoms with Gasteiger partial charge in [-0.3, -0.25) is 0 Å². The van der Waals surface area contributed by atoms with Crippen molar-refractivity contribution >= 4 is 151 Å². The van der Waals surface area contributed by atoms with E-state index in [0.29, 0.717) is 0 Å². The van der Waals surface area contributed by atoms with Crippen LogP contribution in [0.25, 0.3) is 150 Å². The van der Waals surface area contributed by atoms with E-state index >= 15 is 0 Å². The molecule has 0 unspecified atom stereocenters. The van der Waals surface area contributed by atoms with Gasteiger partial charge in [-0.1, -0.05) is 84.9 Å². The first-order valence-electron chi connectivity index (χ1n) is 22.3. The maximum absolute atomic E-state index is 6.43. The Kier molecular flexibility index (Phi) is 6.81. The van der Waals surface area contributed by atoms with E-state index in [1.54, 1.807) is 0 Å². The van der Waals surface area contributed by atoms with E-state index in [-0.39, 0.29) is 0 Å². The number of rotatable bonds is 3. The van der Waals surface area contributed by atoms with Crippen LogP contribution in [0.2, 0.25) is 0 Å². The minimum absolute atomic E-state index is 0.825. The van der Waals surface area contributed by atoms with Crippen LogP contribution in [0, 0.1) is 0 Å². The van der Waals surface area contributed by atoms with Crippen LogP contribution in [0.5, 0.6) is 0 Å². The summed E-state index contributed by atoms with van der Waals surface area (Å²) in [6.07, 6.45) is 0. The summed E-state index contributed by atoms with van der Waals surface area (Å²) in [5.41, 5.74) is 12.8. The summed E-state index contributed by atoms with van der Waals surface area (Å²) in [6.45, 7) is 0. The first-order chi connectivity index (χ1) is 32.7. The molecule has 66 heavy (non-hydrogen) atoms. The minimum Gasteiger partial charge on any atom is -0.456 e. The van der Waals surface area contributed by atoms with Crippen molar-refractivity contribution in [3.63, 3.8) is 0 Å². The average Bonchev–Trinajstić information content (AvgIpc) is 4.21. The molecule has 0 aliphatic rings. The third kappa shape index (κ3) is 4.76.